The van der Waals surface area contributed by atoms with Crippen LogP contribution >= 0.6 is 0 Å². The number of methoxy groups -OCH3 is 2. The van der Waals surface area contributed by atoms with E-state index in [0.717, 1.165) is 0 Å². The van der Waals surface area contributed by atoms with Gasteiger partial charge < -0.3 is 19.9 Å². The third kappa shape index (κ3) is 2.91. The summed E-state index contributed by atoms with van der Waals surface area (Å²) in [6.45, 7) is 1.97. The number of carbonyl (C=O) groups excluding carboxylic acids is 1. The summed E-state index contributed by atoms with van der Waals surface area (Å²) >= 11 is 0. The van der Waals surface area contributed by atoms with Crippen LogP contribution in [-0.2, 0) is 6.42 Å². The molecule has 1 rings (SSSR count). The zero-order valence-electron chi connectivity index (χ0n) is 11.3. The van der Waals surface area contributed by atoms with Crippen molar-refractivity contribution >= 4 is 5.91 Å². The molecule has 0 bridgehead atoms. The van der Waals surface area contributed by atoms with E-state index in [4.69, 9.17) is 26.4 Å². The molecule has 0 aromatic heterocycles. The summed E-state index contributed by atoms with van der Waals surface area (Å²) in [5.74, 6) is 2.99. The minimum atomic E-state index is -0.544. The first-order valence-electron chi connectivity index (χ1n) is 5.74. The number of amides is 1. The molecule has 19 heavy (non-hydrogen) atoms. The van der Waals surface area contributed by atoms with Crippen LogP contribution < -0.4 is 19.9 Å². The van der Waals surface area contributed by atoms with E-state index in [9.17, 15) is 4.79 Å². The standard InChI is InChI=1S/C14H17NO4/c1-5-7-19-13-11(17-3)8-10(14(15)16)9(6-2)12(13)18-4/h1,8H,6-7H2,2-4H3,(H2,15,16). The van der Waals surface area contributed by atoms with Crippen molar-refractivity contribution < 1.29 is 19.0 Å². The fourth-order valence-corrected chi connectivity index (χ4v) is 1.84. The van der Waals surface area contributed by atoms with Crippen LogP contribution in [0.3, 0.4) is 0 Å². The monoisotopic (exact) mass is 263 g/mol. The van der Waals surface area contributed by atoms with Crippen LogP contribution in [0.25, 0.3) is 0 Å². The minimum absolute atomic E-state index is 0.0752. The number of benzene rings is 1. The molecule has 0 radical (unpaired) electrons. The van der Waals surface area contributed by atoms with Crippen molar-refractivity contribution in [3.63, 3.8) is 0 Å². The Hall–Kier alpha value is -2.35. The predicted molar refractivity (Wildman–Crippen MR) is 71.8 cm³/mol. The molecule has 0 unspecified atom stereocenters. The van der Waals surface area contributed by atoms with Crippen molar-refractivity contribution in [1.29, 1.82) is 0 Å². The van der Waals surface area contributed by atoms with Gasteiger partial charge in [0.15, 0.2) is 11.5 Å². The summed E-state index contributed by atoms with van der Waals surface area (Å²) in [4.78, 5) is 11.5. The zero-order chi connectivity index (χ0) is 14.4. The first-order chi connectivity index (χ1) is 9.10. The van der Waals surface area contributed by atoms with Gasteiger partial charge in [-0.15, -0.1) is 6.42 Å². The van der Waals surface area contributed by atoms with Gasteiger partial charge in [-0.1, -0.05) is 12.8 Å². The summed E-state index contributed by atoms with van der Waals surface area (Å²) in [5.41, 5.74) is 6.38. The van der Waals surface area contributed by atoms with E-state index in [0.29, 0.717) is 34.8 Å². The maximum Gasteiger partial charge on any atom is 0.249 e. The summed E-state index contributed by atoms with van der Waals surface area (Å²) in [6, 6.07) is 1.54. The van der Waals surface area contributed by atoms with Crippen LogP contribution in [0, 0.1) is 12.3 Å². The molecular formula is C14H17NO4. The number of ether oxygens (including phenoxy) is 3. The van der Waals surface area contributed by atoms with Gasteiger partial charge in [-0.05, 0) is 12.5 Å². The third-order valence-electron chi connectivity index (χ3n) is 2.65. The Kier molecular flexibility index (Phi) is 5.07. The van der Waals surface area contributed by atoms with Crippen LogP contribution in [0.2, 0.25) is 0 Å². The molecule has 0 aliphatic rings. The van der Waals surface area contributed by atoms with Crippen LogP contribution in [0.15, 0.2) is 6.07 Å². The van der Waals surface area contributed by atoms with Gasteiger partial charge in [0.2, 0.25) is 11.7 Å². The summed E-state index contributed by atoms with van der Waals surface area (Å²) in [5, 5.41) is 0. The van der Waals surface area contributed by atoms with Crippen molar-refractivity contribution in [1.82, 2.24) is 0 Å². The molecule has 1 aromatic carbocycles. The molecule has 0 spiro atoms. The maximum atomic E-state index is 11.5. The topological polar surface area (TPSA) is 70.8 Å². The molecule has 0 heterocycles. The number of primary amides is 1. The second kappa shape index (κ2) is 6.55. The number of carbonyl (C=O) groups is 1. The molecule has 1 amide bonds. The fourth-order valence-electron chi connectivity index (χ4n) is 1.84. The van der Waals surface area contributed by atoms with E-state index in [1.54, 1.807) is 0 Å². The molecule has 5 heteroatoms. The van der Waals surface area contributed by atoms with Crippen LogP contribution in [0.5, 0.6) is 17.2 Å². The Balaban J connectivity index is 3.52. The van der Waals surface area contributed by atoms with Gasteiger partial charge in [0.25, 0.3) is 0 Å². The van der Waals surface area contributed by atoms with E-state index >= 15 is 0 Å². The lowest BCUT2D eigenvalue weighted by Crippen LogP contribution is -2.15. The first kappa shape index (κ1) is 14.7. The van der Waals surface area contributed by atoms with Crippen molar-refractivity contribution in [3.05, 3.63) is 17.2 Å². The number of rotatable bonds is 6. The van der Waals surface area contributed by atoms with Crippen molar-refractivity contribution in [2.75, 3.05) is 20.8 Å². The molecule has 0 fully saturated rings. The number of hydrogen-bond donors (Lipinski definition) is 1. The van der Waals surface area contributed by atoms with Gasteiger partial charge in [-0.2, -0.15) is 0 Å². The Bertz CT molecular complexity index is 517. The highest BCUT2D eigenvalue weighted by Crippen LogP contribution is 2.42. The average Bonchev–Trinajstić information content (AvgIpc) is 2.42. The van der Waals surface area contributed by atoms with E-state index < -0.39 is 5.91 Å². The molecule has 2 N–H and O–H groups in total. The zero-order valence-corrected chi connectivity index (χ0v) is 11.3. The van der Waals surface area contributed by atoms with E-state index in [-0.39, 0.29) is 6.61 Å². The smallest absolute Gasteiger partial charge is 0.249 e. The predicted octanol–water partition coefficient (Wildman–Crippen LogP) is 1.38. The van der Waals surface area contributed by atoms with Crippen LogP contribution in [0.1, 0.15) is 22.8 Å². The maximum absolute atomic E-state index is 11.5. The largest absolute Gasteiger partial charge is 0.493 e. The lowest BCUT2D eigenvalue weighted by molar-refractivity contribution is 0.0998. The Labute approximate surface area is 112 Å². The fraction of sp³-hybridized carbons (Fsp3) is 0.357. The second-order valence-corrected chi connectivity index (χ2v) is 3.68. The first-order valence-corrected chi connectivity index (χ1v) is 5.74. The van der Waals surface area contributed by atoms with E-state index in [1.165, 1.54) is 20.3 Å². The highest BCUT2D eigenvalue weighted by atomic mass is 16.5. The summed E-state index contributed by atoms with van der Waals surface area (Å²) in [6.07, 6.45) is 5.74. The van der Waals surface area contributed by atoms with Crippen molar-refractivity contribution in [2.45, 2.75) is 13.3 Å². The normalized spacial score (nSPS) is 9.58. The highest BCUT2D eigenvalue weighted by molar-refractivity contribution is 5.96. The minimum Gasteiger partial charge on any atom is -0.493 e. The molecule has 102 valence electrons. The van der Waals surface area contributed by atoms with Crippen LogP contribution in [0.4, 0.5) is 0 Å². The van der Waals surface area contributed by atoms with Crippen molar-refractivity contribution in [2.24, 2.45) is 5.73 Å². The van der Waals surface area contributed by atoms with Crippen molar-refractivity contribution in [3.8, 4) is 29.6 Å². The van der Waals surface area contributed by atoms with Gasteiger partial charge in [0, 0.05) is 11.1 Å². The Morgan fingerprint density at radius 3 is 2.47 bits per heavy atom. The van der Waals surface area contributed by atoms with Gasteiger partial charge >= 0.3 is 0 Å². The summed E-state index contributed by atoms with van der Waals surface area (Å²) < 4.78 is 15.9. The quantitative estimate of drug-likeness (QED) is 0.787. The molecule has 1 aromatic rings. The molecular weight excluding hydrogens is 246 g/mol. The van der Waals surface area contributed by atoms with E-state index in [2.05, 4.69) is 5.92 Å². The van der Waals surface area contributed by atoms with E-state index in [1.807, 2.05) is 6.92 Å². The molecule has 0 saturated heterocycles. The van der Waals surface area contributed by atoms with Crippen LogP contribution in [-0.4, -0.2) is 26.7 Å². The third-order valence-corrected chi connectivity index (χ3v) is 2.65. The molecule has 5 nitrogen and oxygen atoms in total. The molecule has 0 aliphatic carbocycles. The van der Waals surface area contributed by atoms with Gasteiger partial charge in [0.05, 0.1) is 14.2 Å². The van der Waals surface area contributed by atoms with Gasteiger partial charge in [-0.3, -0.25) is 4.79 Å². The lowest BCUT2D eigenvalue weighted by atomic mass is 10.0. The van der Waals surface area contributed by atoms with Gasteiger partial charge in [0.1, 0.15) is 6.61 Å². The molecule has 0 atom stereocenters. The highest BCUT2D eigenvalue weighted by Gasteiger charge is 2.22. The summed E-state index contributed by atoms with van der Waals surface area (Å²) in [7, 11) is 2.95. The Morgan fingerprint density at radius 1 is 1.37 bits per heavy atom. The average molecular weight is 263 g/mol. The number of terminal acetylenes is 1. The number of nitrogens with two attached hydrogens (primary N) is 1. The SMILES string of the molecule is C#CCOc1c(OC)cc(C(N)=O)c(CC)c1OC. The second-order valence-electron chi connectivity index (χ2n) is 3.68. The molecule has 0 aliphatic heterocycles. The molecule has 0 saturated carbocycles. The lowest BCUT2D eigenvalue weighted by Gasteiger charge is -2.18. The Morgan fingerprint density at radius 2 is 2.05 bits per heavy atom. The van der Waals surface area contributed by atoms with Gasteiger partial charge in [-0.25, -0.2) is 0 Å². The number of hydrogen-bond acceptors (Lipinski definition) is 4.